The second-order valence-corrected chi connectivity index (χ2v) is 4.54. The molecule has 2 heteroatoms. The van der Waals surface area contributed by atoms with Gasteiger partial charge in [-0.1, -0.05) is 48.0 Å². The molecule has 0 radical (unpaired) electrons. The van der Waals surface area contributed by atoms with Crippen LogP contribution in [-0.2, 0) is 4.79 Å². The van der Waals surface area contributed by atoms with Crippen LogP contribution in [0.5, 0.6) is 5.75 Å². The van der Waals surface area contributed by atoms with E-state index in [2.05, 4.69) is 0 Å². The lowest BCUT2D eigenvalue weighted by Gasteiger charge is -2.06. The number of rotatable bonds is 3. The van der Waals surface area contributed by atoms with Gasteiger partial charge in [-0.15, -0.1) is 0 Å². The van der Waals surface area contributed by atoms with Gasteiger partial charge in [-0.3, -0.25) is 4.79 Å². The van der Waals surface area contributed by atoms with E-state index in [1.54, 1.807) is 24.3 Å². The summed E-state index contributed by atoms with van der Waals surface area (Å²) in [4.78, 5) is 11.8. The predicted molar refractivity (Wildman–Crippen MR) is 77.8 cm³/mol. The van der Waals surface area contributed by atoms with Crippen LogP contribution in [0.25, 0.3) is 11.6 Å². The molecule has 0 unspecified atom stereocenters. The van der Waals surface area contributed by atoms with E-state index >= 15 is 0 Å². The third kappa shape index (κ3) is 3.10. The molecule has 2 aromatic rings. The second kappa shape index (κ2) is 5.53. The van der Waals surface area contributed by atoms with E-state index in [-0.39, 0.29) is 11.5 Å². The number of aromatic hydroxyl groups is 1. The molecule has 2 aromatic carbocycles. The van der Waals surface area contributed by atoms with Gasteiger partial charge in [0.05, 0.1) is 0 Å². The Kier molecular flexibility index (Phi) is 3.81. The molecule has 0 fully saturated rings. The summed E-state index contributed by atoms with van der Waals surface area (Å²) in [6.45, 7) is 3.54. The Morgan fingerprint density at radius 3 is 2.26 bits per heavy atom. The van der Waals surface area contributed by atoms with Gasteiger partial charge in [0, 0.05) is 11.1 Å². The van der Waals surface area contributed by atoms with Crippen molar-refractivity contribution in [1.82, 2.24) is 0 Å². The van der Waals surface area contributed by atoms with Crippen molar-refractivity contribution in [2.75, 3.05) is 0 Å². The average Bonchev–Trinajstić information content (AvgIpc) is 2.39. The molecule has 0 saturated carbocycles. The standard InChI is InChI=1S/C17H16O2/c1-12-7-9-14(10-8-12)16(13(2)18)11-15-5-3-4-6-17(15)19/h3-11,19H,1-2H3. The number of carbonyl (C=O) groups excluding carboxylic acids is 1. The third-order valence-corrected chi connectivity index (χ3v) is 2.98. The van der Waals surface area contributed by atoms with Gasteiger partial charge >= 0.3 is 0 Å². The van der Waals surface area contributed by atoms with Crippen LogP contribution < -0.4 is 0 Å². The number of hydrogen-bond donors (Lipinski definition) is 1. The molecule has 0 amide bonds. The van der Waals surface area contributed by atoms with Gasteiger partial charge in [0.1, 0.15) is 5.75 Å². The van der Waals surface area contributed by atoms with Crippen molar-refractivity contribution < 1.29 is 9.90 Å². The van der Waals surface area contributed by atoms with Gasteiger partial charge in [0.25, 0.3) is 0 Å². The van der Waals surface area contributed by atoms with E-state index < -0.39 is 0 Å². The van der Waals surface area contributed by atoms with Crippen LogP contribution in [0.15, 0.2) is 48.5 Å². The fraction of sp³-hybridized carbons (Fsp3) is 0.118. The van der Waals surface area contributed by atoms with Crippen molar-refractivity contribution in [1.29, 1.82) is 0 Å². The molecular formula is C17H16O2. The van der Waals surface area contributed by atoms with Gasteiger partial charge in [0.2, 0.25) is 0 Å². The first kappa shape index (κ1) is 13.1. The summed E-state index contributed by atoms with van der Waals surface area (Å²) >= 11 is 0. The first-order chi connectivity index (χ1) is 9.08. The van der Waals surface area contributed by atoms with Crippen molar-refractivity contribution in [3.63, 3.8) is 0 Å². The zero-order valence-electron chi connectivity index (χ0n) is 11.1. The highest BCUT2D eigenvalue weighted by Gasteiger charge is 2.08. The van der Waals surface area contributed by atoms with Crippen molar-refractivity contribution in [2.45, 2.75) is 13.8 Å². The summed E-state index contributed by atoms with van der Waals surface area (Å²) in [7, 11) is 0. The minimum atomic E-state index is -0.0212. The summed E-state index contributed by atoms with van der Waals surface area (Å²) in [5.74, 6) is 0.153. The van der Waals surface area contributed by atoms with Crippen molar-refractivity contribution in [3.8, 4) is 5.75 Å². The summed E-state index contributed by atoms with van der Waals surface area (Å²) in [6.07, 6.45) is 1.72. The molecule has 0 spiro atoms. The summed E-state index contributed by atoms with van der Waals surface area (Å²) in [5.41, 5.74) is 3.25. The van der Waals surface area contributed by atoms with Crippen molar-refractivity contribution in [2.24, 2.45) is 0 Å². The Labute approximate surface area is 113 Å². The van der Waals surface area contributed by atoms with E-state index in [0.29, 0.717) is 11.1 Å². The number of carbonyl (C=O) groups is 1. The maximum Gasteiger partial charge on any atom is 0.160 e. The van der Waals surface area contributed by atoms with Crippen LogP contribution in [0.1, 0.15) is 23.6 Å². The van der Waals surface area contributed by atoms with Crippen molar-refractivity contribution in [3.05, 3.63) is 65.2 Å². The molecule has 0 saturated heterocycles. The van der Waals surface area contributed by atoms with E-state index in [1.165, 1.54) is 6.92 Å². The first-order valence-corrected chi connectivity index (χ1v) is 6.15. The van der Waals surface area contributed by atoms with Crippen LogP contribution in [0.4, 0.5) is 0 Å². The van der Waals surface area contributed by atoms with Gasteiger partial charge < -0.3 is 5.11 Å². The van der Waals surface area contributed by atoms with Gasteiger partial charge in [-0.2, -0.15) is 0 Å². The molecule has 19 heavy (non-hydrogen) atoms. The Bertz CT molecular complexity index is 622. The number of ketones is 1. The number of Topliss-reactive ketones (excluding diaryl/α,β-unsaturated/α-hetero) is 1. The Morgan fingerprint density at radius 1 is 1.05 bits per heavy atom. The first-order valence-electron chi connectivity index (χ1n) is 6.15. The molecule has 0 aliphatic carbocycles. The highest BCUT2D eigenvalue weighted by molar-refractivity contribution is 6.24. The van der Waals surface area contributed by atoms with Gasteiger partial charge in [-0.05, 0) is 31.6 Å². The molecule has 0 atom stereocenters. The van der Waals surface area contributed by atoms with Crippen LogP contribution in [0.3, 0.4) is 0 Å². The third-order valence-electron chi connectivity index (χ3n) is 2.98. The average molecular weight is 252 g/mol. The number of aryl methyl sites for hydroxylation is 1. The summed E-state index contributed by atoms with van der Waals surface area (Å²) in [6, 6.07) is 14.8. The molecule has 0 aliphatic heterocycles. The zero-order chi connectivity index (χ0) is 13.8. The van der Waals surface area contributed by atoms with E-state index in [4.69, 9.17) is 0 Å². The fourth-order valence-corrected chi connectivity index (χ4v) is 1.89. The molecule has 0 heterocycles. The summed E-state index contributed by atoms with van der Waals surface area (Å²) in [5, 5.41) is 9.78. The van der Waals surface area contributed by atoms with Crippen molar-refractivity contribution >= 4 is 17.4 Å². The molecule has 0 aromatic heterocycles. The maximum atomic E-state index is 11.8. The number of phenols is 1. The fourth-order valence-electron chi connectivity index (χ4n) is 1.89. The molecule has 1 N–H and O–H groups in total. The lowest BCUT2D eigenvalue weighted by Crippen LogP contribution is -1.96. The van der Waals surface area contributed by atoms with Gasteiger partial charge in [0.15, 0.2) is 5.78 Å². The monoisotopic (exact) mass is 252 g/mol. The summed E-state index contributed by atoms with van der Waals surface area (Å²) < 4.78 is 0. The molecule has 2 rings (SSSR count). The molecule has 0 bridgehead atoms. The number of phenolic OH excluding ortho intramolecular Hbond substituents is 1. The number of allylic oxidation sites excluding steroid dienone is 1. The minimum Gasteiger partial charge on any atom is -0.507 e. The lowest BCUT2D eigenvalue weighted by atomic mass is 9.98. The number of benzene rings is 2. The molecule has 2 nitrogen and oxygen atoms in total. The SMILES string of the molecule is CC(=O)C(=Cc1ccccc1O)c1ccc(C)cc1. The van der Waals surface area contributed by atoms with Crippen LogP contribution in [-0.4, -0.2) is 10.9 Å². The Hall–Kier alpha value is -2.35. The lowest BCUT2D eigenvalue weighted by molar-refractivity contribution is -0.111. The van der Waals surface area contributed by atoms with Crippen LogP contribution >= 0.6 is 0 Å². The number of hydrogen-bond acceptors (Lipinski definition) is 2. The van der Waals surface area contributed by atoms with E-state index in [1.807, 2.05) is 37.3 Å². The Balaban J connectivity index is 2.50. The highest BCUT2D eigenvalue weighted by Crippen LogP contribution is 2.24. The molecular weight excluding hydrogens is 236 g/mol. The largest absolute Gasteiger partial charge is 0.507 e. The highest BCUT2D eigenvalue weighted by atomic mass is 16.3. The second-order valence-electron chi connectivity index (χ2n) is 4.54. The maximum absolute atomic E-state index is 11.8. The molecule has 96 valence electrons. The molecule has 0 aliphatic rings. The van der Waals surface area contributed by atoms with E-state index in [0.717, 1.165) is 11.1 Å². The smallest absolute Gasteiger partial charge is 0.160 e. The zero-order valence-corrected chi connectivity index (χ0v) is 11.1. The normalized spacial score (nSPS) is 11.4. The topological polar surface area (TPSA) is 37.3 Å². The van der Waals surface area contributed by atoms with Crippen LogP contribution in [0, 0.1) is 6.92 Å². The number of para-hydroxylation sites is 1. The van der Waals surface area contributed by atoms with E-state index in [9.17, 15) is 9.90 Å². The minimum absolute atomic E-state index is 0.0212. The predicted octanol–water partition coefficient (Wildman–Crippen LogP) is 3.83. The Morgan fingerprint density at radius 2 is 1.68 bits per heavy atom. The van der Waals surface area contributed by atoms with Gasteiger partial charge in [-0.25, -0.2) is 0 Å². The van der Waals surface area contributed by atoms with Crippen LogP contribution in [0.2, 0.25) is 0 Å². The quantitative estimate of drug-likeness (QED) is 0.666.